The highest BCUT2D eigenvalue weighted by Crippen LogP contribution is 2.35. The molecule has 0 aliphatic rings. The van der Waals surface area contributed by atoms with Crippen LogP contribution in [0.5, 0.6) is 0 Å². The maximum Gasteiger partial charge on any atom is 0.150 e. The molecule has 0 saturated carbocycles. The van der Waals surface area contributed by atoms with E-state index in [1.165, 1.54) is 0 Å². The Hall–Kier alpha value is -3.61. The molecule has 0 spiro atoms. The molecule has 6 aromatic rings. The van der Waals surface area contributed by atoms with Crippen LogP contribution in [0.25, 0.3) is 48.8 Å². The molecule has 3 aromatic carbocycles. The quantitative estimate of drug-likeness (QED) is 0.319. The van der Waals surface area contributed by atoms with Gasteiger partial charge in [-0.1, -0.05) is 60.1 Å². The maximum absolute atomic E-state index is 6.22. The number of hydrogen-bond acceptors (Lipinski definition) is 5. The number of aromatic nitrogens is 5. The minimum atomic E-state index is 0.656. The molecule has 0 unspecified atom stereocenters. The van der Waals surface area contributed by atoms with Crippen molar-refractivity contribution >= 4 is 44.1 Å². The van der Waals surface area contributed by atoms with Crippen molar-refractivity contribution in [1.82, 2.24) is 25.0 Å². The van der Waals surface area contributed by atoms with Crippen molar-refractivity contribution in [3.8, 4) is 27.6 Å². The Balaban J connectivity index is 1.63. The standard InChI is InChI=1S/C24H14ClN5S/c25-16-9-6-10-17(13-16)30-14-18-21(15-7-2-1-3-8-15)27-28-23(22(18)29-30)24-26-19-11-4-5-12-20(19)31-24/h1-14H. The van der Waals surface area contributed by atoms with E-state index in [0.29, 0.717) is 10.7 Å². The normalized spacial score (nSPS) is 11.4. The predicted octanol–water partition coefficient (Wildman–Crippen LogP) is 6.41. The molecule has 3 heterocycles. The van der Waals surface area contributed by atoms with Gasteiger partial charge in [0, 0.05) is 16.8 Å². The Kier molecular flexibility index (Phi) is 4.26. The molecule has 0 bridgehead atoms. The summed E-state index contributed by atoms with van der Waals surface area (Å²) in [7, 11) is 0. The summed E-state index contributed by atoms with van der Waals surface area (Å²) in [4.78, 5) is 4.78. The number of thiazole rings is 1. The number of nitrogens with zero attached hydrogens (tertiary/aromatic N) is 5. The highest BCUT2D eigenvalue weighted by molar-refractivity contribution is 7.21. The van der Waals surface area contributed by atoms with Crippen LogP contribution in [0.3, 0.4) is 0 Å². The molecule has 0 atom stereocenters. The molecule has 148 valence electrons. The fourth-order valence-corrected chi connectivity index (χ4v) is 4.74. The summed E-state index contributed by atoms with van der Waals surface area (Å²) >= 11 is 7.81. The first-order valence-electron chi connectivity index (χ1n) is 9.70. The van der Waals surface area contributed by atoms with E-state index in [1.807, 2.05) is 83.7 Å². The van der Waals surface area contributed by atoms with Crippen molar-refractivity contribution in [2.45, 2.75) is 0 Å². The maximum atomic E-state index is 6.22. The van der Waals surface area contributed by atoms with Crippen LogP contribution in [0.1, 0.15) is 0 Å². The summed E-state index contributed by atoms with van der Waals surface area (Å²) in [5.41, 5.74) is 5.02. The third kappa shape index (κ3) is 3.17. The van der Waals surface area contributed by atoms with Gasteiger partial charge in [0.1, 0.15) is 21.9 Å². The number of hydrogen-bond donors (Lipinski definition) is 0. The Morgan fingerprint density at radius 2 is 1.61 bits per heavy atom. The van der Waals surface area contributed by atoms with Gasteiger partial charge in [-0.05, 0) is 30.3 Å². The van der Waals surface area contributed by atoms with Gasteiger partial charge in [0.25, 0.3) is 0 Å². The van der Waals surface area contributed by atoms with Gasteiger partial charge in [0.2, 0.25) is 0 Å². The Bertz CT molecular complexity index is 1520. The number of fused-ring (bicyclic) bond motifs is 2. The van der Waals surface area contributed by atoms with Crippen molar-refractivity contribution < 1.29 is 0 Å². The molecular formula is C24H14ClN5S. The van der Waals surface area contributed by atoms with Gasteiger partial charge < -0.3 is 0 Å². The molecule has 0 aliphatic carbocycles. The summed E-state index contributed by atoms with van der Waals surface area (Å²) in [6.07, 6.45) is 1.98. The van der Waals surface area contributed by atoms with Crippen LogP contribution in [0.15, 0.2) is 85.1 Å². The second-order valence-electron chi connectivity index (χ2n) is 7.07. The van der Waals surface area contributed by atoms with E-state index in [0.717, 1.165) is 43.1 Å². The molecule has 7 heteroatoms. The molecule has 0 fully saturated rings. The fraction of sp³-hybridized carbons (Fsp3) is 0. The number of halogens is 1. The lowest BCUT2D eigenvalue weighted by atomic mass is 10.1. The van der Waals surface area contributed by atoms with Gasteiger partial charge in [-0.25, -0.2) is 9.67 Å². The van der Waals surface area contributed by atoms with Crippen LogP contribution < -0.4 is 0 Å². The summed E-state index contributed by atoms with van der Waals surface area (Å²) in [6, 6.07) is 25.7. The van der Waals surface area contributed by atoms with Crippen LogP contribution in [0, 0.1) is 0 Å². The van der Waals surface area contributed by atoms with Crippen molar-refractivity contribution in [3.05, 3.63) is 90.1 Å². The van der Waals surface area contributed by atoms with Gasteiger partial charge >= 0.3 is 0 Å². The van der Waals surface area contributed by atoms with Crippen LogP contribution in [0.4, 0.5) is 0 Å². The smallest absolute Gasteiger partial charge is 0.150 e. The van der Waals surface area contributed by atoms with Crippen LogP contribution >= 0.6 is 22.9 Å². The van der Waals surface area contributed by atoms with Crippen LogP contribution in [-0.2, 0) is 0 Å². The van der Waals surface area contributed by atoms with E-state index in [9.17, 15) is 0 Å². The minimum Gasteiger partial charge on any atom is -0.240 e. The van der Waals surface area contributed by atoms with Crippen LogP contribution in [-0.4, -0.2) is 25.0 Å². The Morgan fingerprint density at radius 1 is 0.806 bits per heavy atom. The van der Waals surface area contributed by atoms with Crippen molar-refractivity contribution in [1.29, 1.82) is 0 Å². The van der Waals surface area contributed by atoms with Crippen molar-refractivity contribution in [2.24, 2.45) is 0 Å². The lowest BCUT2D eigenvalue weighted by molar-refractivity contribution is 0.895. The second-order valence-corrected chi connectivity index (χ2v) is 8.53. The second kappa shape index (κ2) is 7.27. The monoisotopic (exact) mass is 439 g/mol. The number of rotatable bonds is 3. The first kappa shape index (κ1) is 18.2. The molecule has 0 radical (unpaired) electrons. The lowest BCUT2D eigenvalue weighted by Crippen LogP contribution is -1.95. The lowest BCUT2D eigenvalue weighted by Gasteiger charge is -2.03. The fourth-order valence-electron chi connectivity index (χ4n) is 3.60. The van der Waals surface area contributed by atoms with Gasteiger partial charge in [-0.15, -0.1) is 21.5 Å². The third-order valence-corrected chi connectivity index (χ3v) is 6.34. The van der Waals surface area contributed by atoms with E-state index >= 15 is 0 Å². The van der Waals surface area contributed by atoms with Gasteiger partial charge in [0.15, 0.2) is 0 Å². The number of benzene rings is 3. The largest absolute Gasteiger partial charge is 0.240 e. The van der Waals surface area contributed by atoms with E-state index in [1.54, 1.807) is 11.3 Å². The van der Waals surface area contributed by atoms with Crippen molar-refractivity contribution in [2.75, 3.05) is 0 Å². The molecule has 0 aliphatic heterocycles. The summed E-state index contributed by atoms with van der Waals surface area (Å²) < 4.78 is 2.93. The molecular weight excluding hydrogens is 426 g/mol. The predicted molar refractivity (Wildman–Crippen MR) is 126 cm³/mol. The SMILES string of the molecule is Clc1cccc(-n2cc3c(-c4ccccc4)nnc(-c4nc5ccccc5s4)c3n2)c1. The molecule has 0 saturated heterocycles. The minimum absolute atomic E-state index is 0.656. The average Bonchev–Trinajstić information content (AvgIpc) is 3.44. The molecule has 5 nitrogen and oxygen atoms in total. The zero-order chi connectivity index (χ0) is 20.8. The summed E-state index contributed by atoms with van der Waals surface area (Å²) in [5, 5.41) is 16.4. The van der Waals surface area contributed by atoms with Crippen molar-refractivity contribution in [3.63, 3.8) is 0 Å². The van der Waals surface area contributed by atoms with Crippen LogP contribution in [0.2, 0.25) is 5.02 Å². The summed E-state index contributed by atoms with van der Waals surface area (Å²) in [5.74, 6) is 0. The topological polar surface area (TPSA) is 56.5 Å². The molecule has 31 heavy (non-hydrogen) atoms. The first-order valence-corrected chi connectivity index (χ1v) is 10.9. The average molecular weight is 440 g/mol. The highest BCUT2D eigenvalue weighted by atomic mass is 35.5. The molecule has 3 aromatic heterocycles. The molecule has 0 N–H and O–H groups in total. The van der Waals surface area contributed by atoms with E-state index in [4.69, 9.17) is 21.7 Å². The van der Waals surface area contributed by atoms with E-state index in [-0.39, 0.29) is 0 Å². The Labute approximate surface area is 186 Å². The number of para-hydroxylation sites is 1. The van der Waals surface area contributed by atoms with Gasteiger partial charge in [0.05, 0.1) is 21.3 Å². The third-order valence-electron chi connectivity index (χ3n) is 5.06. The van der Waals surface area contributed by atoms with E-state index < -0.39 is 0 Å². The van der Waals surface area contributed by atoms with E-state index in [2.05, 4.69) is 16.3 Å². The first-order chi connectivity index (χ1) is 15.3. The molecule has 0 amide bonds. The zero-order valence-electron chi connectivity index (χ0n) is 16.1. The zero-order valence-corrected chi connectivity index (χ0v) is 17.7. The molecule has 6 rings (SSSR count). The van der Waals surface area contributed by atoms with Gasteiger partial charge in [-0.2, -0.15) is 5.10 Å². The van der Waals surface area contributed by atoms with Gasteiger partial charge in [-0.3, -0.25) is 0 Å². The Morgan fingerprint density at radius 3 is 2.45 bits per heavy atom. The summed E-state index contributed by atoms with van der Waals surface area (Å²) in [6.45, 7) is 0. The highest BCUT2D eigenvalue weighted by Gasteiger charge is 2.19.